The second-order valence-electron chi connectivity index (χ2n) is 12.6. The van der Waals surface area contributed by atoms with Gasteiger partial charge in [-0.2, -0.15) is 0 Å². The molecule has 10 heteroatoms. The third-order valence-corrected chi connectivity index (χ3v) is 8.20. The summed E-state index contributed by atoms with van der Waals surface area (Å²) in [7, 11) is 0. The van der Waals surface area contributed by atoms with Crippen LogP contribution < -0.4 is 15.0 Å². The molecule has 218 valence electrons. The smallest absolute Gasteiger partial charge is 0.410 e. The van der Waals surface area contributed by atoms with Crippen LogP contribution in [0.5, 0.6) is 5.88 Å². The summed E-state index contributed by atoms with van der Waals surface area (Å²) in [5, 5.41) is 2.91. The van der Waals surface area contributed by atoms with E-state index in [9.17, 15) is 9.59 Å². The van der Waals surface area contributed by atoms with Crippen LogP contribution in [0, 0.1) is 12.8 Å². The van der Waals surface area contributed by atoms with Crippen LogP contribution >= 0.6 is 0 Å². The summed E-state index contributed by atoms with van der Waals surface area (Å²) >= 11 is 0. The highest BCUT2D eigenvalue weighted by Crippen LogP contribution is 2.41. The number of carbonyl (C=O) groups is 2. The van der Waals surface area contributed by atoms with Crippen molar-refractivity contribution < 1.29 is 19.1 Å². The molecule has 1 N–H and O–H groups in total. The number of benzene rings is 1. The number of piperazine rings is 1. The number of nitrogens with zero attached hydrogens (tertiary/aromatic N) is 5. The fraction of sp³-hybridized carbons (Fsp3) is 0.548. The van der Waals surface area contributed by atoms with Crippen molar-refractivity contribution in [1.82, 2.24) is 24.8 Å². The minimum absolute atomic E-state index is 0.0714. The second-order valence-corrected chi connectivity index (χ2v) is 12.6. The van der Waals surface area contributed by atoms with Gasteiger partial charge < -0.3 is 29.2 Å². The standard InChI is InChI=1S/C31H40N6O4/c1-19-14-21(6-9-26(19)35-10-12-36(13-11-35)30(39)41-31(3,4)5)24-16-25-28(37(18-33-25)23-7-8-23)29(34-24)40-20(2)22-15-27(38)32-17-22/h6,9,14,16,18,20,22-23H,7-8,10-13,15,17H2,1-5H3,(H,32,38)/t20-,22?/m1/s1. The number of nitrogens with one attached hydrogen (secondary N) is 1. The van der Waals surface area contributed by atoms with E-state index in [0.717, 1.165) is 59.5 Å². The maximum Gasteiger partial charge on any atom is 0.410 e. The lowest BCUT2D eigenvalue weighted by atomic mass is 10.0. The Labute approximate surface area is 241 Å². The van der Waals surface area contributed by atoms with Gasteiger partial charge in [0.2, 0.25) is 11.8 Å². The van der Waals surface area contributed by atoms with Crippen molar-refractivity contribution in [1.29, 1.82) is 0 Å². The van der Waals surface area contributed by atoms with Crippen LogP contribution in [-0.4, -0.2) is 75.9 Å². The van der Waals surface area contributed by atoms with Crippen molar-refractivity contribution in [3.05, 3.63) is 36.2 Å². The lowest BCUT2D eigenvalue weighted by Gasteiger charge is -2.37. The van der Waals surface area contributed by atoms with Crippen molar-refractivity contribution >= 4 is 28.7 Å². The molecular weight excluding hydrogens is 520 g/mol. The Morgan fingerprint density at radius 2 is 1.88 bits per heavy atom. The number of aryl methyl sites for hydroxylation is 1. The zero-order valence-corrected chi connectivity index (χ0v) is 24.6. The first kappa shape index (κ1) is 27.4. The maximum atomic E-state index is 12.5. The number of aromatic nitrogens is 3. The SMILES string of the molecule is Cc1cc(-c2cc3ncn(C4CC4)c3c(O[C@H](C)C3CNC(=O)C3)n2)ccc1N1CCN(C(=O)OC(C)(C)C)CC1. The number of amides is 2. The molecule has 2 aliphatic heterocycles. The van der Waals surface area contributed by atoms with Gasteiger partial charge in [-0.1, -0.05) is 6.07 Å². The van der Waals surface area contributed by atoms with E-state index in [1.54, 1.807) is 4.90 Å². The van der Waals surface area contributed by atoms with Gasteiger partial charge in [0.25, 0.3) is 0 Å². The fourth-order valence-corrected chi connectivity index (χ4v) is 5.74. The number of ether oxygens (including phenoxy) is 2. The minimum Gasteiger partial charge on any atom is -0.473 e. The van der Waals surface area contributed by atoms with Gasteiger partial charge in [0, 0.05) is 62.4 Å². The van der Waals surface area contributed by atoms with Gasteiger partial charge in [0.05, 0.1) is 17.5 Å². The normalized spacial score (nSPS) is 20.3. The van der Waals surface area contributed by atoms with E-state index in [1.807, 2.05) is 40.1 Å². The van der Waals surface area contributed by atoms with Gasteiger partial charge in [0.1, 0.15) is 17.2 Å². The Bertz CT molecular complexity index is 1470. The van der Waals surface area contributed by atoms with Crippen LogP contribution in [0.1, 0.15) is 58.6 Å². The number of carbonyl (C=O) groups excluding carboxylic acids is 2. The zero-order chi connectivity index (χ0) is 28.9. The molecule has 0 spiro atoms. The Morgan fingerprint density at radius 1 is 1.12 bits per heavy atom. The predicted molar refractivity (Wildman–Crippen MR) is 157 cm³/mol. The number of hydrogen-bond acceptors (Lipinski definition) is 7. The first-order valence-electron chi connectivity index (χ1n) is 14.7. The molecule has 6 rings (SSSR count). The zero-order valence-electron chi connectivity index (χ0n) is 24.6. The molecule has 4 heterocycles. The van der Waals surface area contributed by atoms with Crippen molar-refractivity contribution in [2.75, 3.05) is 37.6 Å². The summed E-state index contributed by atoms with van der Waals surface area (Å²) in [5.74, 6) is 0.758. The van der Waals surface area contributed by atoms with Crippen LogP contribution in [0.25, 0.3) is 22.3 Å². The predicted octanol–water partition coefficient (Wildman–Crippen LogP) is 4.70. The van der Waals surface area contributed by atoms with E-state index in [-0.39, 0.29) is 24.0 Å². The van der Waals surface area contributed by atoms with Crippen molar-refractivity contribution in [3.8, 4) is 17.1 Å². The third kappa shape index (κ3) is 5.83. The molecule has 3 aromatic rings. The molecule has 3 fully saturated rings. The quantitative estimate of drug-likeness (QED) is 0.466. The van der Waals surface area contributed by atoms with Crippen molar-refractivity contribution in [2.24, 2.45) is 5.92 Å². The van der Waals surface area contributed by atoms with E-state index < -0.39 is 5.60 Å². The first-order chi connectivity index (χ1) is 19.6. The first-order valence-corrected chi connectivity index (χ1v) is 14.7. The van der Waals surface area contributed by atoms with Crippen molar-refractivity contribution in [2.45, 2.75) is 71.6 Å². The Hall–Kier alpha value is -3.82. The van der Waals surface area contributed by atoms with E-state index >= 15 is 0 Å². The van der Waals surface area contributed by atoms with Crippen LogP contribution in [0.15, 0.2) is 30.6 Å². The van der Waals surface area contributed by atoms with E-state index in [1.165, 1.54) is 0 Å². The number of rotatable bonds is 6. The summed E-state index contributed by atoms with van der Waals surface area (Å²) in [5.41, 5.74) is 5.40. The number of anilines is 1. The van der Waals surface area contributed by atoms with Gasteiger partial charge in [-0.25, -0.2) is 14.8 Å². The second kappa shape index (κ2) is 10.5. The topological polar surface area (TPSA) is 102 Å². The molecule has 1 aromatic carbocycles. The molecule has 3 aliphatic rings. The highest BCUT2D eigenvalue weighted by Gasteiger charge is 2.32. The molecule has 1 saturated carbocycles. The molecule has 2 aromatic heterocycles. The maximum absolute atomic E-state index is 12.5. The molecule has 41 heavy (non-hydrogen) atoms. The Morgan fingerprint density at radius 3 is 2.51 bits per heavy atom. The van der Waals surface area contributed by atoms with Gasteiger partial charge in [0.15, 0.2) is 0 Å². The molecular formula is C31H40N6O4. The summed E-state index contributed by atoms with van der Waals surface area (Å²) in [6.45, 7) is 13.2. The number of hydrogen-bond donors (Lipinski definition) is 1. The van der Waals surface area contributed by atoms with E-state index in [4.69, 9.17) is 19.4 Å². The lowest BCUT2D eigenvalue weighted by Crippen LogP contribution is -2.50. The lowest BCUT2D eigenvalue weighted by molar-refractivity contribution is -0.119. The monoisotopic (exact) mass is 560 g/mol. The number of imidazole rings is 1. The third-order valence-electron chi connectivity index (χ3n) is 8.20. The van der Waals surface area contributed by atoms with Gasteiger partial charge in [-0.05, 0) is 71.2 Å². The molecule has 0 bridgehead atoms. The van der Waals surface area contributed by atoms with Gasteiger partial charge in [-0.15, -0.1) is 0 Å². The molecule has 2 amide bonds. The largest absolute Gasteiger partial charge is 0.473 e. The highest BCUT2D eigenvalue weighted by molar-refractivity contribution is 5.85. The average Bonchev–Trinajstić information content (AvgIpc) is 3.52. The minimum atomic E-state index is -0.497. The van der Waals surface area contributed by atoms with Crippen LogP contribution in [0.2, 0.25) is 0 Å². The Balaban J connectivity index is 1.23. The van der Waals surface area contributed by atoms with Gasteiger partial charge >= 0.3 is 6.09 Å². The molecule has 1 unspecified atom stereocenters. The van der Waals surface area contributed by atoms with E-state index in [2.05, 4.69) is 39.9 Å². The number of fused-ring (bicyclic) bond motifs is 1. The average molecular weight is 561 g/mol. The van der Waals surface area contributed by atoms with Crippen LogP contribution in [-0.2, 0) is 9.53 Å². The summed E-state index contributed by atoms with van der Waals surface area (Å²) in [6, 6.07) is 8.88. The van der Waals surface area contributed by atoms with Crippen molar-refractivity contribution in [3.63, 3.8) is 0 Å². The Kier molecular flexibility index (Phi) is 7.03. The molecule has 2 atom stereocenters. The highest BCUT2D eigenvalue weighted by atomic mass is 16.6. The summed E-state index contributed by atoms with van der Waals surface area (Å²) in [6.07, 6.45) is 4.23. The molecule has 10 nitrogen and oxygen atoms in total. The van der Waals surface area contributed by atoms with Crippen LogP contribution in [0.4, 0.5) is 10.5 Å². The fourth-order valence-electron chi connectivity index (χ4n) is 5.74. The molecule has 0 radical (unpaired) electrons. The molecule has 2 saturated heterocycles. The number of pyridine rings is 1. The summed E-state index contributed by atoms with van der Waals surface area (Å²) in [4.78, 5) is 38.2. The van der Waals surface area contributed by atoms with E-state index in [0.29, 0.717) is 38.0 Å². The van der Waals surface area contributed by atoms with Gasteiger partial charge in [-0.3, -0.25) is 4.79 Å². The van der Waals surface area contributed by atoms with Crippen LogP contribution in [0.3, 0.4) is 0 Å². The summed E-state index contributed by atoms with van der Waals surface area (Å²) < 4.78 is 14.2. The molecule has 1 aliphatic carbocycles.